The van der Waals surface area contributed by atoms with Gasteiger partial charge in [0.2, 0.25) is 0 Å². The molecule has 0 amide bonds. The molecule has 0 aliphatic heterocycles. The molecular weight excluding hydrogens is 410 g/mol. The van der Waals surface area contributed by atoms with E-state index in [0.717, 1.165) is 15.8 Å². The lowest BCUT2D eigenvalue weighted by molar-refractivity contribution is 0.414. The van der Waals surface area contributed by atoms with Crippen molar-refractivity contribution in [3.63, 3.8) is 0 Å². The lowest BCUT2D eigenvalue weighted by Gasteiger charge is -2.05. The van der Waals surface area contributed by atoms with Crippen molar-refractivity contribution in [3.05, 3.63) is 81.1 Å². The van der Waals surface area contributed by atoms with E-state index < -0.39 is 0 Å². The van der Waals surface area contributed by atoms with Gasteiger partial charge in [-0.3, -0.25) is 9.36 Å². The van der Waals surface area contributed by atoms with Crippen molar-refractivity contribution in [2.75, 3.05) is 7.11 Å². The summed E-state index contributed by atoms with van der Waals surface area (Å²) in [7, 11) is 1.64. The highest BCUT2D eigenvalue weighted by atomic mass is 79.9. The van der Waals surface area contributed by atoms with Gasteiger partial charge in [-0.1, -0.05) is 33.3 Å². The standard InChI is InChI=1S/C19H16BrN5O2/c1-27-16-5-2-13(3-6-16)9-25-11-15(22-23-25)10-24-12-21-18-7-4-14(20)8-17(18)19(24)26/h2-8,11-12H,9-10H2,1H3. The lowest BCUT2D eigenvalue weighted by Crippen LogP contribution is -2.21. The predicted molar refractivity (Wildman–Crippen MR) is 105 cm³/mol. The van der Waals surface area contributed by atoms with E-state index in [0.29, 0.717) is 29.7 Å². The molecule has 8 heteroatoms. The van der Waals surface area contributed by atoms with Gasteiger partial charge in [0.1, 0.15) is 11.4 Å². The first-order chi connectivity index (χ1) is 13.1. The van der Waals surface area contributed by atoms with Gasteiger partial charge in [0.15, 0.2) is 0 Å². The molecule has 4 rings (SSSR count). The number of nitrogens with zero attached hydrogens (tertiary/aromatic N) is 5. The molecular formula is C19H16BrN5O2. The SMILES string of the molecule is COc1ccc(Cn2cc(Cn3cnc4ccc(Br)cc4c3=O)nn2)cc1. The third-order valence-corrected chi connectivity index (χ3v) is 4.70. The van der Waals surface area contributed by atoms with Crippen molar-refractivity contribution in [2.24, 2.45) is 0 Å². The third kappa shape index (κ3) is 3.75. The van der Waals surface area contributed by atoms with Crippen LogP contribution in [0.15, 0.2) is 64.3 Å². The first-order valence-corrected chi connectivity index (χ1v) is 9.08. The molecule has 7 nitrogen and oxygen atoms in total. The third-order valence-electron chi connectivity index (χ3n) is 4.21. The number of fused-ring (bicyclic) bond motifs is 1. The first kappa shape index (κ1) is 17.4. The van der Waals surface area contributed by atoms with E-state index in [2.05, 4.69) is 31.2 Å². The largest absolute Gasteiger partial charge is 0.497 e. The van der Waals surface area contributed by atoms with Crippen LogP contribution in [0.2, 0.25) is 0 Å². The normalized spacial score (nSPS) is 11.0. The van der Waals surface area contributed by atoms with Crippen LogP contribution in [0.5, 0.6) is 5.75 Å². The number of hydrogen-bond acceptors (Lipinski definition) is 5. The second-order valence-corrected chi connectivity index (χ2v) is 7.01. The molecule has 0 atom stereocenters. The second kappa shape index (κ2) is 7.32. The Morgan fingerprint density at radius 1 is 1.11 bits per heavy atom. The molecule has 2 aromatic heterocycles. The Morgan fingerprint density at radius 3 is 2.70 bits per heavy atom. The van der Waals surface area contributed by atoms with E-state index in [1.807, 2.05) is 42.6 Å². The number of halogens is 1. The van der Waals surface area contributed by atoms with E-state index in [1.165, 1.54) is 4.57 Å². The molecule has 0 aliphatic rings. The van der Waals surface area contributed by atoms with Crippen molar-refractivity contribution >= 4 is 26.8 Å². The minimum atomic E-state index is -0.106. The summed E-state index contributed by atoms with van der Waals surface area (Å²) in [5, 5.41) is 8.89. The van der Waals surface area contributed by atoms with Crippen LogP contribution in [0.4, 0.5) is 0 Å². The monoisotopic (exact) mass is 425 g/mol. The van der Waals surface area contributed by atoms with Crippen LogP contribution in [-0.2, 0) is 13.1 Å². The molecule has 0 N–H and O–H groups in total. The summed E-state index contributed by atoms with van der Waals surface area (Å²) in [6, 6.07) is 13.2. The van der Waals surface area contributed by atoms with E-state index >= 15 is 0 Å². The topological polar surface area (TPSA) is 74.8 Å². The quantitative estimate of drug-likeness (QED) is 0.491. The highest BCUT2D eigenvalue weighted by molar-refractivity contribution is 9.10. The first-order valence-electron chi connectivity index (χ1n) is 8.29. The zero-order valence-corrected chi connectivity index (χ0v) is 16.1. The fourth-order valence-corrected chi connectivity index (χ4v) is 3.19. The average molecular weight is 426 g/mol. The van der Waals surface area contributed by atoms with Crippen molar-refractivity contribution in [2.45, 2.75) is 13.1 Å². The molecule has 0 saturated heterocycles. The van der Waals surface area contributed by atoms with Gasteiger partial charge >= 0.3 is 0 Å². The van der Waals surface area contributed by atoms with E-state index in [9.17, 15) is 4.79 Å². The van der Waals surface area contributed by atoms with Gasteiger partial charge in [-0.15, -0.1) is 5.10 Å². The summed E-state index contributed by atoms with van der Waals surface area (Å²) in [5.41, 5.74) is 2.34. The minimum Gasteiger partial charge on any atom is -0.497 e. The Bertz CT molecular complexity index is 1150. The van der Waals surface area contributed by atoms with Gasteiger partial charge in [0.05, 0.1) is 43.6 Å². The van der Waals surface area contributed by atoms with Gasteiger partial charge in [-0.25, -0.2) is 9.67 Å². The molecule has 2 aromatic carbocycles. The molecule has 0 saturated carbocycles. The van der Waals surface area contributed by atoms with Crippen LogP contribution >= 0.6 is 15.9 Å². The second-order valence-electron chi connectivity index (χ2n) is 6.09. The maximum Gasteiger partial charge on any atom is 0.261 e. The van der Waals surface area contributed by atoms with E-state index in [1.54, 1.807) is 24.2 Å². The predicted octanol–water partition coefficient (Wildman–Crippen LogP) is 2.86. The van der Waals surface area contributed by atoms with Crippen LogP contribution in [0, 0.1) is 0 Å². The van der Waals surface area contributed by atoms with Gasteiger partial charge in [-0.2, -0.15) is 0 Å². The van der Waals surface area contributed by atoms with Crippen LogP contribution in [0.1, 0.15) is 11.3 Å². The fourth-order valence-electron chi connectivity index (χ4n) is 2.82. The molecule has 27 heavy (non-hydrogen) atoms. The van der Waals surface area contributed by atoms with Gasteiger partial charge in [-0.05, 0) is 35.9 Å². The Morgan fingerprint density at radius 2 is 1.93 bits per heavy atom. The number of methoxy groups -OCH3 is 1. The van der Waals surface area contributed by atoms with E-state index in [-0.39, 0.29) is 5.56 Å². The Labute approximate surface area is 163 Å². The maximum atomic E-state index is 12.7. The van der Waals surface area contributed by atoms with Gasteiger partial charge in [0, 0.05) is 4.47 Å². The number of rotatable bonds is 5. The van der Waals surface area contributed by atoms with Crippen molar-refractivity contribution in [1.29, 1.82) is 0 Å². The minimum absolute atomic E-state index is 0.106. The van der Waals surface area contributed by atoms with Crippen LogP contribution < -0.4 is 10.3 Å². The summed E-state index contributed by atoms with van der Waals surface area (Å²) in [5.74, 6) is 0.813. The van der Waals surface area contributed by atoms with E-state index in [4.69, 9.17) is 4.74 Å². The number of hydrogen-bond donors (Lipinski definition) is 0. The molecule has 0 radical (unpaired) electrons. The molecule has 136 valence electrons. The molecule has 0 unspecified atom stereocenters. The van der Waals surface area contributed by atoms with Crippen LogP contribution in [-0.4, -0.2) is 31.7 Å². The van der Waals surface area contributed by atoms with Crippen molar-refractivity contribution in [1.82, 2.24) is 24.5 Å². The Kier molecular flexibility index (Phi) is 4.72. The summed E-state index contributed by atoms with van der Waals surface area (Å²) < 4.78 is 9.29. The van der Waals surface area contributed by atoms with Crippen molar-refractivity contribution in [3.8, 4) is 5.75 Å². The molecule has 4 aromatic rings. The summed E-state index contributed by atoms with van der Waals surface area (Å²) in [6.45, 7) is 0.908. The number of aromatic nitrogens is 5. The number of ether oxygens (including phenoxy) is 1. The highest BCUT2D eigenvalue weighted by Crippen LogP contribution is 2.15. The molecule has 0 aliphatic carbocycles. The fraction of sp³-hybridized carbons (Fsp3) is 0.158. The zero-order chi connectivity index (χ0) is 18.8. The molecule has 0 fully saturated rings. The highest BCUT2D eigenvalue weighted by Gasteiger charge is 2.08. The lowest BCUT2D eigenvalue weighted by atomic mass is 10.2. The Balaban J connectivity index is 1.54. The van der Waals surface area contributed by atoms with Gasteiger partial charge < -0.3 is 4.74 Å². The zero-order valence-electron chi connectivity index (χ0n) is 14.5. The number of benzene rings is 2. The van der Waals surface area contributed by atoms with Gasteiger partial charge in [0.25, 0.3) is 5.56 Å². The van der Waals surface area contributed by atoms with Crippen LogP contribution in [0.3, 0.4) is 0 Å². The van der Waals surface area contributed by atoms with Crippen LogP contribution in [0.25, 0.3) is 10.9 Å². The summed E-state index contributed by atoms with van der Waals surface area (Å²) in [6.07, 6.45) is 3.38. The Hall–Kier alpha value is -3.00. The summed E-state index contributed by atoms with van der Waals surface area (Å²) >= 11 is 3.39. The molecule has 0 spiro atoms. The van der Waals surface area contributed by atoms with Crippen molar-refractivity contribution < 1.29 is 4.74 Å². The average Bonchev–Trinajstić information content (AvgIpc) is 3.12. The maximum absolute atomic E-state index is 12.7. The summed E-state index contributed by atoms with van der Waals surface area (Å²) in [4.78, 5) is 17.0. The molecule has 0 bridgehead atoms. The molecule has 2 heterocycles. The smallest absolute Gasteiger partial charge is 0.261 e.